The molecule has 0 aliphatic rings. The van der Waals surface area contributed by atoms with E-state index in [-0.39, 0.29) is 0 Å². The Morgan fingerprint density at radius 3 is 2.35 bits per heavy atom. The van der Waals surface area contributed by atoms with Gasteiger partial charge in [0.25, 0.3) is 0 Å². The van der Waals surface area contributed by atoms with Crippen molar-refractivity contribution >= 4 is 15.9 Å². The summed E-state index contributed by atoms with van der Waals surface area (Å²) in [6, 6.07) is 6.71. The first-order chi connectivity index (χ1) is 9.35. The first kappa shape index (κ1) is 15.0. The van der Waals surface area contributed by atoms with E-state index < -0.39 is 23.3 Å². The summed E-state index contributed by atoms with van der Waals surface area (Å²) in [6.07, 6.45) is 1.34. The molecule has 1 aromatic carbocycles. The topological polar surface area (TPSA) is 64.9 Å². The molecule has 2 rings (SSSR count). The second-order valence-corrected chi connectivity index (χ2v) is 5.51. The maximum atomic E-state index is 13.4. The summed E-state index contributed by atoms with van der Waals surface area (Å²) < 4.78 is 26.6. The largest absolute Gasteiger partial charge is 0.326 e. The van der Waals surface area contributed by atoms with Crippen molar-refractivity contribution in [3.8, 4) is 0 Å². The van der Waals surface area contributed by atoms with E-state index in [2.05, 4.69) is 20.9 Å². The molecule has 0 saturated carbocycles. The van der Waals surface area contributed by atoms with Crippen molar-refractivity contribution in [2.24, 2.45) is 11.5 Å². The van der Waals surface area contributed by atoms with Crippen LogP contribution in [0.4, 0.5) is 8.78 Å². The van der Waals surface area contributed by atoms with E-state index in [1.807, 2.05) is 0 Å². The molecule has 1 aromatic heterocycles. The highest BCUT2D eigenvalue weighted by atomic mass is 79.9. The standard InChI is InChI=1S/C14H14BrF2N3/c1-8(18)14(19,10-3-5-13(17)20-7-10)9-2-4-12(16)11(15)6-9/h2-8H,18-19H2,1H3. The van der Waals surface area contributed by atoms with Crippen LogP contribution in [0.3, 0.4) is 0 Å². The Balaban J connectivity index is 2.59. The Kier molecular flexibility index (Phi) is 4.17. The Morgan fingerprint density at radius 1 is 1.20 bits per heavy atom. The number of nitrogens with two attached hydrogens (primary N) is 2. The minimum Gasteiger partial charge on any atom is -0.326 e. The average molecular weight is 342 g/mol. The van der Waals surface area contributed by atoms with Crippen LogP contribution in [0.1, 0.15) is 18.1 Å². The Labute approximate surface area is 124 Å². The molecule has 0 saturated heterocycles. The van der Waals surface area contributed by atoms with Crippen LogP contribution in [-0.2, 0) is 5.54 Å². The van der Waals surface area contributed by atoms with Crippen LogP contribution in [-0.4, -0.2) is 11.0 Å². The molecule has 20 heavy (non-hydrogen) atoms. The van der Waals surface area contributed by atoms with Crippen LogP contribution in [0.25, 0.3) is 0 Å². The summed E-state index contributed by atoms with van der Waals surface area (Å²) in [7, 11) is 0. The van der Waals surface area contributed by atoms with E-state index >= 15 is 0 Å². The fraction of sp³-hybridized carbons (Fsp3) is 0.214. The molecule has 6 heteroatoms. The highest BCUT2D eigenvalue weighted by Gasteiger charge is 2.34. The fourth-order valence-corrected chi connectivity index (χ4v) is 2.45. The van der Waals surface area contributed by atoms with Crippen molar-refractivity contribution in [2.45, 2.75) is 18.5 Å². The number of pyridine rings is 1. The molecule has 2 aromatic rings. The number of rotatable bonds is 3. The maximum absolute atomic E-state index is 13.4. The zero-order chi connectivity index (χ0) is 14.9. The lowest BCUT2D eigenvalue weighted by molar-refractivity contribution is 0.441. The zero-order valence-electron chi connectivity index (χ0n) is 10.8. The molecule has 0 fully saturated rings. The number of hydrogen-bond donors (Lipinski definition) is 2. The van der Waals surface area contributed by atoms with Gasteiger partial charge < -0.3 is 11.5 Å². The molecule has 0 spiro atoms. The monoisotopic (exact) mass is 341 g/mol. The van der Waals surface area contributed by atoms with Crippen molar-refractivity contribution in [1.29, 1.82) is 0 Å². The van der Waals surface area contributed by atoms with Gasteiger partial charge in [-0.15, -0.1) is 0 Å². The van der Waals surface area contributed by atoms with Gasteiger partial charge in [0, 0.05) is 12.2 Å². The van der Waals surface area contributed by atoms with E-state index in [0.29, 0.717) is 15.6 Å². The van der Waals surface area contributed by atoms with Gasteiger partial charge >= 0.3 is 0 Å². The van der Waals surface area contributed by atoms with Gasteiger partial charge in [0.1, 0.15) is 5.82 Å². The summed E-state index contributed by atoms with van der Waals surface area (Å²) in [5, 5.41) is 0. The molecule has 106 valence electrons. The summed E-state index contributed by atoms with van der Waals surface area (Å²) in [4.78, 5) is 3.61. The number of hydrogen-bond acceptors (Lipinski definition) is 3. The third-order valence-electron chi connectivity index (χ3n) is 3.32. The number of halogens is 3. The van der Waals surface area contributed by atoms with Crippen LogP contribution >= 0.6 is 15.9 Å². The second kappa shape index (κ2) is 5.55. The highest BCUT2D eigenvalue weighted by molar-refractivity contribution is 9.10. The number of nitrogens with zero attached hydrogens (tertiary/aromatic N) is 1. The number of benzene rings is 1. The van der Waals surface area contributed by atoms with Crippen LogP contribution in [0.15, 0.2) is 41.0 Å². The predicted octanol–water partition coefficient (Wildman–Crippen LogP) is 2.67. The molecule has 0 aliphatic carbocycles. The molecule has 4 N–H and O–H groups in total. The van der Waals surface area contributed by atoms with Gasteiger partial charge in [0.2, 0.25) is 5.95 Å². The molecule has 2 unspecified atom stereocenters. The minimum absolute atomic E-state index is 0.292. The Bertz CT molecular complexity index is 616. The summed E-state index contributed by atoms with van der Waals surface area (Å²) >= 11 is 3.12. The van der Waals surface area contributed by atoms with E-state index in [9.17, 15) is 8.78 Å². The average Bonchev–Trinajstić information content (AvgIpc) is 2.41. The van der Waals surface area contributed by atoms with Gasteiger partial charge in [-0.25, -0.2) is 9.37 Å². The maximum Gasteiger partial charge on any atom is 0.212 e. The zero-order valence-corrected chi connectivity index (χ0v) is 12.4. The third-order valence-corrected chi connectivity index (χ3v) is 3.93. The molecule has 0 amide bonds. The molecule has 1 heterocycles. The van der Waals surface area contributed by atoms with E-state index in [0.717, 1.165) is 0 Å². The minimum atomic E-state index is -1.09. The van der Waals surface area contributed by atoms with Crippen LogP contribution in [0, 0.1) is 11.8 Å². The van der Waals surface area contributed by atoms with Crippen LogP contribution in [0.2, 0.25) is 0 Å². The summed E-state index contributed by atoms with van der Waals surface area (Å²) in [6.45, 7) is 1.74. The van der Waals surface area contributed by atoms with Crippen LogP contribution in [0.5, 0.6) is 0 Å². The SMILES string of the molecule is CC(N)C(N)(c1ccc(F)nc1)c1ccc(F)c(Br)c1. The van der Waals surface area contributed by atoms with Crippen molar-refractivity contribution in [1.82, 2.24) is 4.98 Å². The highest BCUT2D eigenvalue weighted by Crippen LogP contribution is 2.31. The quantitative estimate of drug-likeness (QED) is 0.843. The van der Waals surface area contributed by atoms with Gasteiger partial charge in [-0.1, -0.05) is 12.1 Å². The molecule has 0 bridgehead atoms. The predicted molar refractivity (Wildman–Crippen MR) is 76.9 cm³/mol. The fourth-order valence-electron chi connectivity index (χ4n) is 2.07. The first-order valence-electron chi connectivity index (χ1n) is 5.97. The van der Waals surface area contributed by atoms with E-state index in [1.165, 1.54) is 24.4 Å². The first-order valence-corrected chi connectivity index (χ1v) is 6.77. The lowest BCUT2D eigenvalue weighted by Gasteiger charge is -2.34. The normalized spacial score (nSPS) is 15.7. The molecular weight excluding hydrogens is 328 g/mol. The van der Waals surface area contributed by atoms with Crippen LogP contribution < -0.4 is 11.5 Å². The molecule has 0 aliphatic heterocycles. The molecular formula is C14H14BrF2N3. The van der Waals surface area contributed by atoms with Gasteiger partial charge in [-0.05, 0) is 52.2 Å². The van der Waals surface area contributed by atoms with Crippen molar-refractivity contribution in [2.75, 3.05) is 0 Å². The Morgan fingerprint density at radius 2 is 1.85 bits per heavy atom. The molecule has 0 radical (unpaired) electrons. The lowest BCUT2D eigenvalue weighted by Crippen LogP contribution is -2.52. The van der Waals surface area contributed by atoms with Crippen molar-refractivity contribution in [3.05, 3.63) is 63.9 Å². The Hall–Kier alpha value is -1.37. The second-order valence-electron chi connectivity index (χ2n) is 4.66. The smallest absolute Gasteiger partial charge is 0.212 e. The molecule has 2 atom stereocenters. The van der Waals surface area contributed by atoms with E-state index in [4.69, 9.17) is 11.5 Å². The third kappa shape index (κ3) is 2.59. The number of aromatic nitrogens is 1. The van der Waals surface area contributed by atoms with Gasteiger partial charge in [0.05, 0.1) is 10.0 Å². The van der Waals surface area contributed by atoms with Crippen molar-refractivity contribution in [3.63, 3.8) is 0 Å². The summed E-state index contributed by atoms with van der Waals surface area (Å²) in [5.74, 6) is -0.987. The van der Waals surface area contributed by atoms with E-state index in [1.54, 1.807) is 19.1 Å². The van der Waals surface area contributed by atoms with Gasteiger partial charge in [-0.2, -0.15) is 4.39 Å². The summed E-state index contributed by atoms with van der Waals surface area (Å²) in [5.41, 5.74) is 12.5. The van der Waals surface area contributed by atoms with Gasteiger partial charge in [0.15, 0.2) is 0 Å². The molecule has 3 nitrogen and oxygen atoms in total. The lowest BCUT2D eigenvalue weighted by atomic mass is 9.79. The van der Waals surface area contributed by atoms with Gasteiger partial charge in [-0.3, -0.25) is 0 Å². The van der Waals surface area contributed by atoms with Crippen molar-refractivity contribution < 1.29 is 8.78 Å².